The Morgan fingerprint density at radius 2 is 1.25 bits per heavy atom. The number of nitrogens with zero attached hydrogens (tertiary/aromatic N) is 2. The fraction of sp³-hybridized carbons (Fsp3) is 0.464. The summed E-state index contributed by atoms with van der Waals surface area (Å²) in [6.45, 7) is 4.03. The van der Waals surface area contributed by atoms with Gasteiger partial charge in [0.25, 0.3) is 0 Å². The average molecular weight is 658 g/mol. The van der Waals surface area contributed by atoms with Crippen molar-refractivity contribution >= 4 is 39.0 Å². The zero-order chi connectivity index (χ0) is 33.4. The van der Waals surface area contributed by atoms with E-state index in [1.54, 1.807) is 38.4 Å². The van der Waals surface area contributed by atoms with Crippen LogP contribution in [0.3, 0.4) is 0 Å². The Labute approximate surface area is 256 Å². The van der Waals surface area contributed by atoms with E-state index in [0.717, 1.165) is 17.5 Å². The molecule has 244 valence electrons. The van der Waals surface area contributed by atoms with Crippen LogP contribution in [0.5, 0.6) is 11.5 Å². The summed E-state index contributed by atoms with van der Waals surface area (Å²) in [5.41, 5.74) is 1.88. The molecular weight excluding hydrogens is 616 g/mol. The van der Waals surface area contributed by atoms with Crippen molar-refractivity contribution in [1.29, 1.82) is 0 Å². The van der Waals surface area contributed by atoms with Crippen molar-refractivity contribution < 1.29 is 52.6 Å². The highest BCUT2D eigenvalue weighted by molar-refractivity contribution is 7.70. The standard InChI is InChI=1S/C28H41N3O11P2/c1-7-21(18-9-12-20(13-10-18)41-27(33)30(3)4)22(8-2)19-11-14-24(42-28(34)31(5)6)23(17-19)29-25(32)15-16-26(43(35,36)37)44(38,39)40/h9-14,17,21-22,26H,7-8,15-16H2,1-6H3,(H,29,32)(H2,35,36,37)(H2,38,39,40). The van der Waals surface area contributed by atoms with Crippen LogP contribution in [-0.2, 0) is 13.9 Å². The highest BCUT2D eigenvalue weighted by atomic mass is 31.2. The van der Waals surface area contributed by atoms with E-state index in [4.69, 9.17) is 9.47 Å². The molecule has 0 heterocycles. The van der Waals surface area contributed by atoms with Gasteiger partial charge in [0.05, 0.1) is 5.69 Å². The van der Waals surface area contributed by atoms with Crippen molar-refractivity contribution in [2.75, 3.05) is 33.5 Å². The molecule has 14 nitrogen and oxygen atoms in total. The molecule has 0 spiro atoms. The van der Waals surface area contributed by atoms with Gasteiger partial charge in [-0.1, -0.05) is 32.0 Å². The third-order valence-corrected chi connectivity index (χ3v) is 10.8. The zero-order valence-corrected chi connectivity index (χ0v) is 27.3. The number of carbonyl (C=O) groups excluding carboxylic acids is 3. The number of hydrogen-bond donors (Lipinski definition) is 5. The first-order valence-electron chi connectivity index (χ1n) is 13.8. The SMILES string of the molecule is CCC(c1ccc(OC(=O)N(C)C)cc1)C(CC)c1ccc(OC(=O)N(C)C)c(NC(=O)CCC(P(=O)(O)O)P(=O)(O)O)c1. The second kappa shape index (κ2) is 15.7. The van der Waals surface area contributed by atoms with Gasteiger partial charge >= 0.3 is 27.4 Å². The third-order valence-electron chi connectivity index (χ3n) is 6.92. The molecule has 2 atom stereocenters. The largest absolute Gasteiger partial charge is 0.414 e. The number of rotatable bonds is 13. The van der Waals surface area contributed by atoms with E-state index >= 15 is 0 Å². The number of benzene rings is 2. The highest BCUT2D eigenvalue weighted by Crippen LogP contribution is 2.61. The van der Waals surface area contributed by atoms with Gasteiger partial charge in [0.2, 0.25) is 5.91 Å². The van der Waals surface area contributed by atoms with E-state index in [9.17, 15) is 43.1 Å². The molecule has 2 aromatic carbocycles. The van der Waals surface area contributed by atoms with Crippen LogP contribution in [0.4, 0.5) is 15.3 Å². The maximum absolute atomic E-state index is 12.8. The van der Waals surface area contributed by atoms with Gasteiger partial charge in [0, 0.05) is 34.6 Å². The first-order chi connectivity index (χ1) is 20.4. The lowest BCUT2D eigenvalue weighted by molar-refractivity contribution is -0.116. The number of nitrogens with one attached hydrogen (secondary N) is 1. The summed E-state index contributed by atoms with van der Waals surface area (Å²) in [4.78, 5) is 77.1. The molecular formula is C28H41N3O11P2. The van der Waals surface area contributed by atoms with Gasteiger partial charge < -0.3 is 44.2 Å². The van der Waals surface area contributed by atoms with Crippen LogP contribution in [0.2, 0.25) is 0 Å². The summed E-state index contributed by atoms with van der Waals surface area (Å²) in [6.07, 6.45) is -1.19. The average Bonchev–Trinajstić information content (AvgIpc) is 2.91. The van der Waals surface area contributed by atoms with Crippen LogP contribution >= 0.6 is 15.2 Å². The molecule has 0 aliphatic carbocycles. The van der Waals surface area contributed by atoms with E-state index in [0.29, 0.717) is 12.2 Å². The zero-order valence-electron chi connectivity index (χ0n) is 25.5. The van der Waals surface area contributed by atoms with Crippen molar-refractivity contribution in [3.8, 4) is 11.5 Å². The fourth-order valence-electron chi connectivity index (χ4n) is 4.64. The molecule has 5 N–H and O–H groups in total. The number of hydrogen-bond acceptors (Lipinski definition) is 7. The van der Waals surface area contributed by atoms with Gasteiger partial charge in [-0.05, 0) is 66.5 Å². The molecule has 0 aromatic heterocycles. The maximum atomic E-state index is 12.8. The Hall–Kier alpha value is -3.25. The van der Waals surface area contributed by atoms with E-state index in [-0.39, 0.29) is 23.3 Å². The normalized spacial score (nSPS) is 13.2. The minimum Gasteiger partial charge on any atom is -0.410 e. The summed E-state index contributed by atoms with van der Waals surface area (Å²) in [5.74, 6) is -0.452. The molecule has 0 saturated carbocycles. The first-order valence-corrected chi connectivity index (χ1v) is 17.2. The third kappa shape index (κ3) is 10.4. The summed E-state index contributed by atoms with van der Waals surface area (Å²) < 4.78 is 34.0. The Balaban J connectivity index is 2.41. The van der Waals surface area contributed by atoms with Crippen LogP contribution in [0.25, 0.3) is 0 Å². The van der Waals surface area contributed by atoms with Gasteiger partial charge in [-0.15, -0.1) is 0 Å². The predicted octanol–water partition coefficient (Wildman–Crippen LogP) is 4.90. The molecule has 0 radical (unpaired) electrons. The Bertz CT molecular complexity index is 1380. The van der Waals surface area contributed by atoms with E-state index in [1.165, 1.54) is 30.0 Å². The lowest BCUT2D eigenvalue weighted by atomic mass is 9.78. The second-order valence-corrected chi connectivity index (χ2v) is 14.6. The summed E-state index contributed by atoms with van der Waals surface area (Å²) in [7, 11) is -4.29. The van der Waals surface area contributed by atoms with E-state index in [1.807, 2.05) is 26.0 Å². The number of ether oxygens (including phenoxy) is 2. The number of amides is 3. The Morgan fingerprint density at radius 1 is 0.773 bits per heavy atom. The molecule has 0 aliphatic heterocycles. The van der Waals surface area contributed by atoms with Crippen molar-refractivity contribution in [1.82, 2.24) is 9.80 Å². The van der Waals surface area contributed by atoms with Crippen LogP contribution in [-0.4, -0.2) is 81.1 Å². The maximum Gasteiger partial charge on any atom is 0.414 e. The molecule has 16 heteroatoms. The van der Waals surface area contributed by atoms with Gasteiger partial charge in [0.1, 0.15) is 5.75 Å². The van der Waals surface area contributed by atoms with Crippen LogP contribution < -0.4 is 14.8 Å². The van der Waals surface area contributed by atoms with Crippen molar-refractivity contribution in [2.24, 2.45) is 0 Å². The number of carbonyl (C=O) groups is 3. The topological polar surface area (TPSA) is 203 Å². The lowest BCUT2D eigenvalue weighted by Gasteiger charge is -2.27. The molecule has 3 amide bonds. The molecule has 0 bridgehead atoms. The first kappa shape index (κ1) is 36.9. The van der Waals surface area contributed by atoms with Crippen LogP contribution in [0, 0.1) is 0 Å². The van der Waals surface area contributed by atoms with E-state index < -0.39 is 51.5 Å². The van der Waals surface area contributed by atoms with Gasteiger partial charge in [-0.2, -0.15) is 0 Å². The quantitative estimate of drug-likeness (QED) is 0.183. The summed E-state index contributed by atoms with van der Waals surface area (Å²) in [6, 6.07) is 12.1. The van der Waals surface area contributed by atoms with E-state index in [2.05, 4.69) is 5.32 Å². The molecule has 0 fully saturated rings. The van der Waals surface area contributed by atoms with Crippen molar-refractivity contribution in [2.45, 2.75) is 56.8 Å². The van der Waals surface area contributed by atoms with Crippen LogP contribution in [0.15, 0.2) is 42.5 Å². The molecule has 2 rings (SSSR count). The van der Waals surface area contributed by atoms with Gasteiger partial charge in [0.15, 0.2) is 11.1 Å². The molecule has 44 heavy (non-hydrogen) atoms. The van der Waals surface area contributed by atoms with Crippen LogP contribution in [0.1, 0.15) is 62.5 Å². The summed E-state index contributed by atoms with van der Waals surface area (Å²) in [5, 5.41) is 0.243. The predicted molar refractivity (Wildman–Crippen MR) is 164 cm³/mol. The lowest BCUT2D eigenvalue weighted by Crippen LogP contribution is -2.26. The molecule has 2 unspecified atom stereocenters. The monoisotopic (exact) mass is 657 g/mol. The fourth-order valence-corrected chi connectivity index (χ4v) is 7.13. The smallest absolute Gasteiger partial charge is 0.410 e. The minimum atomic E-state index is -5.20. The second-order valence-electron chi connectivity index (χ2n) is 10.6. The molecule has 2 aromatic rings. The van der Waals surface area contributed by atoms with Crippen molar-refractivity contribution in [3.63, 3.8) is 0 Å². The highest BCUT2D eigenvalue weighted by Gasteiger charge is 2.43. The Kier molecular flexibility index (Phi) is 13.1. The minimum absolute atomic E-state index is 0.00425. The summed E-state index contributed by atoms with van der Waals surface area (Å²) >= 11 is 0. The number of anilines is 1. The molecule has 0 aliphatic rings. The Morgan fingerprint density at radius 3 is 1.73 bits per heavy atom. The molecule has 0 saturated heterocycles. The van der Waals surface area contributed by atoms with Gasteiger partial charge in [-0.3, -0.25) is 13.9 Å². The van der Waals surface area contributed by atoms with Crippen molar-refractivity contribution in [3.05, 3.63) is 53.6 Å². The van der Waals surface area contributed by atoms with Gasteiger partial charge in [-0.25, -0.2) is 9.59 Å².